The maximum atomic E-state index is 4.10. The smallest absolute Gasteiger partial charge is 0.241 e. The van der Waals surface area contributed by atoms with Crippen molar-refractivity contribution in [2.45, 2.75) is 48.5 Å². The minimum absolute atomic E-state index is 0. The van der Waals surface area contributed by atoms with Gasteiger partial charge in [-0.05, 0) is 52.6 Å². The van der Waals surface area contributed by atoms with E-state index in [1.54, 1.807) is 13.1 Å². The fraction of sp³-hybridized carbons (Fsp3) is 0.265. The molecule has 4 heterocycles. The third-order valence-electron chi connectivity index (χ3n) is 7.04. The minimum atomic E-state index is 0. The van der Waals surface area contributed by atoms with Crippen molar-refractivity contribution in [3.8, 4) is 22.9 Å². The van der Waals surface area contributed by atoms with Crippen LogP contribution in [0, 0.1) is 73.3 Å². The number of aromatic nitrogens is 8. The SMILES string of the molecule is Cc1cc[c-]c(-n2[c-][n+](C)c(C)c2C)c1.Cc1cc[c-]c(-n2[c-][n+](C)c(C)c2C)c1.Cc1n[n-]c(-c2ccccn2)n1.[Ir]. The van der Waals surface area contributed by atoms with Crippen molar-refractivity contribution < 1.29 is 29.2 Å². The number of hydrogen-bond donors (Lipinski definition) is 0. The van der Waals surface area contributed by atoms with Gasteiger partial charge in [0, 0.05) is 54.9 Å². The second-order valence-electron chi connectivity index (χ2n) is 10.2. The summed E-state index contributed by atoms with van der Waals surface area (Å²) in [6.07, 6.45) is 8.23. The topological polar surface area (TPSA) is 70.4 Å². The van der Waals surface area contributed by atoms with Crippen LogP contribution in [-0.4, -0.2) is 24.2 Å². The van der Waals surface area contributed by atoms with E-state index in [4.69, 9.17) is 0 Å². The van der Waals surface area contributed by atoms with Crippen LogP contribution < -0.4 is 14.2 Å². The number of pyridine rings is 1. The quantitative estimate of drug-likeness (QED) is 0.198. The Bertz CT molecular complexity index is 1690. The Morgan fingerprint density at radius 1 is 0.721 bits per heavy atom. The second kappa shape index (κ2) is 14.8. The molecule has 0 saturated carbocycles. The Hall–Kier alpha value is -4.20. The number of hydrogen-bond acceptors (Lipinski definition) is 3. The van der Waals surface area contributed by atoms with E-state index in [-0.39, 0.29) is 20.1 Å². The maximum absolute atomic E-state index is 4.10. The van der Waals surface area contributed by atoms with E-state index in [2.05, 4.69) is 111 Å². The van der Waals surface area contributed by atoms with E-state index < -0.39 is 0 Å². The molecule has 0 N–H and O–H groups in total. The number of rotatable bonds is 3. The molecule has 0 unspecified atom stereocenters. The number of aryl methyl sites for hydroxylation is 5. The van der Waals surface area contributed by atoms with Crippen LogP contribution in [0.1, 0.15) is 39.7 Å². The van der Waals surface area contributed by atoms with E-state index in [9.17, 15) is 0 Å². The van der Waals surface area contributed by atoms with Crippen LogP contribution >= 0.6 is 0 Å². The summed E-state index contributed by atoms with van der Waals surface area (Å²) in [6, 6.07) is 24.3. The first-order valence-corrected chi connectivity index (χ1v) is 13.7. The molecule has 0 aliphatic carbocycles. The zero-order valence-corrected chi connectivity index (χ0v) is 28.6. The molecule has 8 nitrogen and oxygen atoms in total. The molecule has 0 saturated heterocycles. The Labute approximate surface area is 268 Å². The van der Waals surface area contributed by atoms with Crippen LogP contribution in [0.2, 0.25) is 0 Å². The molecule has 2 aromatic carbocycles. The van der Waals surface area contributed by atoms with Crippen LogP contribution in [-0.2, 0) is 34.2 Å². The normalized spacial score (nSPS) is 10.3. The van der Waals surface area contributed by atoms with Gasteiger partial charge in [0.2, 0.25) is 12.7 Å². The van der Waals surface area contributed by atoms with Gasteiger partial charge in [0.05, 0.1) is 19.8 Å². The summed E-state index contributed by atoms with van der Waals surface area (Å²) in [5.41, 5.74) is 10.2. The zero-order chi connectivity index (χ0) is 30.4. The van der Waals surface area contributed by atoms with Gasteiger partial charge in [-0.3, -0.25) is 10.1 Å². The van der Waals surface area contributed by atoms with Crippen molar-refractivity contribution in [2.24, 2.45) is 14.1 Å². The van der Waals surface area contributed by atoms with Crippen molar-refractivity contribution >= 4 is 0 Å². The number of imidazole rings is 2. The third-order valence-corrected chi connectivity index (χ3v) is 7.04. The van der Waals surface area contributed by atoms with Crippen LogP contribution in [0.15, 0.2) is 60.8 Å². The van der Waals surface area contributed by atoms with Gasteiger partial charge in [0.25, 0.3) is 0 Å². The molecule has 4 aromatic heterocycles. The minimum Gasteiger partial charge on any atom is -0.421 e. The first-order valence-electron chi connectivity index (χ1n) is 13.7. The molecule has 6 aromatic rings. The molecule has 9 heteroatoms. The Morgan fingerprint density at radius 3 is 1.58 bits per heavy atom. The molecule has 6 rings (SSSR count). The van der Waals surface area contributed by atoms with Gasteiger partial charge >= 0.3 is 0 Å². The Kier molecular flexibility index (Phi) is 11.5. The van der Waals surface area contributed by atoms with E-state index in [0.29, 0.717) is 11.6 Å². The van der Waals surface area contributed by atoms with Crippen molar-refractivity contribution in [3.63, 3.8) is 0 Å². The van der Waals surface area contributed by atoms with Crippen molar-refractivity contribution in [1.82, 2.24) is 29.3 Å². The molecule has 0 aliphatic rings. The van der Waals surface area contributed by atoms with Crippen LogP contribution in [0.4, 0.5) is 0 Å². The predicted octanol–water partition coefficient (Wildman–Crippen LogP) is 4.46. The van der Waals surface area contributed by atoms with Gasteiger partial charge in [0.1, 0.15) is 0 Å². The van der Waals surface area contributed by atoms with Crippen LogP contribution in [0.3, 0.4) is 0 Å². The number of benzene rings is 2. The summed E-state index contributed by atoms with van der Waals surface area (Å²) < 4.78 is 8.10. The second-order valence-corrected chi connectivity index (χ2v) is 10.2. The Balaban J connectivity index is 0.000000176. The summed E-state index contributed by atoms with van der Waals surface area (Å²) in [6.45, 7) is 14.4. The summed E-state index contributed by atoms with van der Waals surface area (Å²) in [7, 11) is 4.02. The van der Waals surface area contributed by atoms with E-state index in [0.717, 1.165) is 17.1 Å². The summed E-state index contributed by atoms with van der Waals surface area (Å²) in [4.78, 5) is 8.19. The molecule has 43 heavy (non-hydrogen) atoms. The fourth-order valence-electron chi connectivity index (χ4n) is 4.19. The summed E-state index contributed by atoms with van der Waals surface area (Å²) in [5, 5.41) is 7.65. The summed E-state index contributed by atoms with van der Waals surface area (Å²) >= 11 is 0. The first-order chi connectivity index (χ1) is 20.0. The molecule has 1 radical (unpaired) electrons. The monoisotopic (exact) mass is 750 g/mol. The number of nitrogens with zero attached hydrogens (tertiary/aromatic N) is 8. The van der Waals surface area contributed by atoms with Gasteiger partial charge in [-0.2, -0.15) is 59.7 Å². The zero-order valence-electron chi connectivity index (χ0n) is 26.2. The van der Waals surface area contributed by atoms with Gasteiger partial charge < -0.3 is 28.4 Å². The van der Waals surface area contributed by atoms with Gasteiger partial charge in [-0.15, -0.1) is 0 Å². The molecule has 0 amide bonds. The molecule has 0 spiro atoms. The predicted molar refractivity (Wildman–Crippen MR) is 161 cm³/mol. The molecular formula is C34H37IrN8-3. The van der Waals surface area contributed by atoms with Gasteiger partial charge in [0.15, 0.2) is 0 Å². The van der Waals surface area contributed by atoms with E-state index in [1.807, 2.05) is 62.7 Å². The average molecular weight is 750 g/mol. The molecule has 0 fully saturated rings. The van der Waals surface area contributed by atoms with Crippen LogP contribution in [0.25, 0.3) is 22.9 Å². The molecule has 225 valence electrons. The third kappa shape index (κ3) is 8.21. The fourth-order valence-corrected chi connectivity index (χ4v) is 4.19. The maximum Gasteiger partial charge on any atom is 0.241 e. The first kappa shape index (κ1) is 33.3. The molecular weight excluding hydrogens is 713 g/mol. The summed E-state index contributed by atoms with van der Waals surface area (Å²) in [5.74, 6) is 1.27. The van der Waals surface area contributed by atoms with Crippen molar-refractivity contribution in [2.75, 3.05) is 0 Å². The van der Waals surface area contributed by atoms with Gasteiger partial charge in [-0.25, -0.2) is 0 Å². The van der Waals surface area contributed by atoms with Gasteiger partial charge in [-0.1, -0.05) is 31.3 Å². The largest absolute Gasteiger partial charge is 0.421 e. The van der Waals surface area contributed by atoms with E-state index >= 15 is 0 Å². The molecule has 0 aliphatic heterocycles. The van der Waals surface area contributed by atoms with Crippen LogP contribution in [0.5, 0.6) is 0 Å². The average Bonchev–Trinajstić information content (AvgIpc) is 3.62. The van der Waals surface area contributed by atoms with Crippen molar-refractivity contribution in [3.05, 3.63) is 125 Å². The van der Waals surface area contributed by atoms with E-state index in [1.165, 1.54) is 33.9 Å². The molecule has 0 atom stereocenters. The molecule has 0 bridgehead atoms. The Morgan fingerprint density at radius 2 is 1.23 bits per heavy atom. The standard InChI is InChI=1S/2C13H15N2.C8H7N4.Ir/c2*1-10-6-5-7-13(8-10)15-9-14(4)11(2)12(15)3;1-6-10-8(12-11-6)7-4-2-3-5-9-7;/h2*5-6,8H,1-4H3;2-5H,1H3;/q3*-1;. The van der Waals surface area contributed by atoms with Crippen molar-refractivity contribution in [1.29, 1.82) is 0 Å².